The second-order valence-electron chi connectivity index (χ2n) is 4.88. The van der Waals surface area contributed by atoms with Crippen molar-refractivity contribution in [3.63, 3.8) is 0 Å². The number of piperidine rings is 1. The molecule has 1 saturated heterocycles. The van der Waals surface area contributed by atoms with Crippen molar-refractivity contribution >= 4 is 11.9 Å². The monoisotopic (exact) mass is 256 g/mol. The number of likely N-dealkylation sites (tertiary alicyclic amines) is 1. The molecule has 0 aliphatic carbocycles. The fraction of sp³-hybridized carbons (Fsp3) is 0.833. The second-order valence-corrected chi connectivity index (χ2v) is 4.88. The standard InChI is InChI=1S/C12H24N4O2/c1-3-14-12(18)15-11(17)8-16-6-4-10(5-7-16)9(2)13/h9-10H,3-8,13H2,1-2H3,(H2,14,15,17,18). The van der Waals surface area contributed by atoms with Gasteiger partial charge >= 0.3 is 6.03 Å². The predicted molar refractivity (Wildman–Crippen MR) is 70.0 cm³/mol. The molecule has 0 bridgehead atoms. The zero-order valence-electron chi connectivity index (χ0n) is 11.2. The van der Waals surface area contributed by atoms with Crippen LogP contribution in [0.5, 0.6) is 0 Å². The molecule has 0 radical (unpaired) electrons. The molecule has 1 heterocycles. The van der Waals surface area contributed by atoms with Crippen molar-refractivity contribution in [3.05, 3.63) is 0 Å². The van der Waals surface area contributed by atoms with E-state index in [2.05, 4.69) is 15.5 Å². The van der Waals surface area contributed by atoms with Crippen LogP contribution in [0.25, 0.3) is 0 Å². The normalized spacial score (nSPS) is 19.3. The van der Waals surface area contributed by atoms with E-state index < -0.39 is 6.03 Å². The van der Waals surface area contributed by atoms with Gasteiger partial charge in [0.15, 0.2) is 0 Å². The maximum Gasteiger partial charge on any atom is 0.321 e. The minimum absolute atomic E-state index is 0.219. The molecular formula is C12H24N4O2. The van der Waals surface area contributed by atoms with Crippen LogP contribution in [0.1, 0.15) is 26.7 Å². The Labute approximate surface area is 108 Å². The van der Waals surface area contributed by atoms with Crippen molar-refractivity contribution < 1.29 is 9.59 Å². The molecule has 1 fully saturated rings. The van der Waals surface area contributed by atoms with E-state index in [-0.39, 0.29) is 18.5 Å². The van der Waals surface area contributed by atoms with E-state index in [0.717, 1.165) is 25.9 Å². The highest BCUT2D eigenvalue weighted by molar-refractivity contribution is 5.95. The van der Waals surface area contributed by atoms with Crippen LogP contribution in [0.15, 0.2) is 0 Å². The third-order valence-electron chi connectivity index (χ3n) is 3.33. The summed E-state index contributed by atoms with van der Waals surface area (Å²) in [6.07, 6.45) is 2.04. The molecule has 1 aliphatic rings. The molecule has 0 aromatic heterocycles. The summed E-state index contributed by atoms with van der Waals surface area (Å²) in [4.78, 5) is 24.8. The van der Waals surface area contributed by atoms with Crippen molar-refractivity contribution in [3.8, 4) is 0 Å². The molecule has 3 amide bonds. The first-order valence-electron chi connectivity index (χ1n) is 6.58. The zero-order chi connectivity index (χ0) is 13.5. The van der Waals surface area contributed by atoms with E-state index in [1.54, 1.807) is 0 Å². The van der Waals surface area contributed by atoms with Crippen molar-refractivity contribution in [2.24, 2.45) is 11.7 Å². The molecule has 6 heteroatoms. The quantitative estimate of drug-likeness (QED) is 0.655. The average Bonchev–Trinajstić information content (AvgIpc) is 2.29. The van der Waals surface area contributed by atoms with Crippen LogP contribution < -0.4 is 16.4 Å². The number of imide groups is 1. The molecule has 0 saturated carbocycles. The van der Waals surface area contributed by atoms with Crippen LogP contribution in [-0.4, -0.2) is 49.1 Å². The maximum atomic E-state index is 11.6. The van der Waals surface area contributed by atoms with Gasteiger partial charge in [0.25, 0.3) is 0 Å². The number of urea groups is 1. The van der Waals surface area contributed by atoms with Crippen LogP contribution in [0.4, 0.5) is 4.79 Å². The number of carbonyl (C=O) groups is 2. The van der Waals surface area contributed by atoms with Crippen molar-refractivity contribution in [1.82, 2.24) is 15.5 Å². The molecular weight excluding hydrogens is 232 g/mol. The van der Waals surface area contributed by atoms with Crippen LogP contribution in [0.3, 0.4) is 0 Å². The molecule has 1 atom stereocenters. The summed E-state index contributed by atoms with van der Waals surface area (Å²) in [7, 11) is 0. The summed E-state index contributed by atoms with van der Waals surface area (Å²) < 4.78 is 0. The minimum Gasteiger partial charge on any atom is -0.338 e. The predicted octanol–water partition coefficient (Wildman–Crippen LogP) is -0.109. The van der Waals surface area contributed by atoms with Gasteiger partial charge in [0.05, 0.1) is 6.54 Å². The lowest BCUT2D eigenvalue weighted by molar-refractivity contribution is -0.121. The molecule has 0 aromatic carbocycles. The summed E-state index contributed by atoms with van der Waals surface area (Å²) in [5.74, 6) is 0.299. The van der Waals surface area contributed by atoms with Gasteiger partial charge in [-0.2, -0.15) is 0 Å². The molecule has 1 unspecified atom stereocenters. The van der Waals surface area contributed by atoms with E-state index in [1.807, 2.05) is 13.8 Å². The van der Waals surface area contributed by atoms with E-state index in [9.17, 15) is 9.59 Å². The van der Waals surface area contributed by atoms with Crippen molar-refractivity contribution in [1.29, 1.82) is 0 Å². The highest BCUT2D eigenvalue weighted by atomic mass is 16.2. The third-order valence-corrected chi connectivity index (χ3v) is 3.33. The summed E-state index contributed by atoms with van der Waals surface area (Å²) in [6, 6.07) is -0.204. The molecule has 0 aromatic rings. The summed E-state index contributed by atoms with van der Waals surface area (Å²) in [5.41, 5.74) is 5.86. The van der Waals surface area contributed by atoms with Crippen LogP contribution in [-0.2, 0) is 4.79 Å². The lowest BCUT2D eigenvalue weighted by Crippen LogP contribution is -2.47. The second kappa shape index (κ2) is 7.33. The topological polar surface area (TPSA) is 87.5 Å². The van der Waals surface area contributed by atoms with Gasteiger partial charge in [-0.05, 0) is 45.7 Å². The average molecular weight is 256 g/mol. The van der Waals surface area contributed by atoms with Crippen molar-refractivity contribution in [2.45, 2.75) is 32.7 Å². The van der Waals surface area contributed by atoms with E-state index in [0.29, 0.717) is 12.5 Å². The number of rotatable bonds is 4. The Morgan fingerprint density at radius 3 is 2.50 bits per heavy atom. The van der Waals surface area contributed by atoms with Crippen LogP contribution in [0, 0.1) is 5.92 Å². The first-order valence-corrected chi connectivity index (χ1v) is 6.58. The Balaban J connectivity index is 2.24. The SMILES string of the molecule is CCNC(=O)NC(=O)CN1CCC(C(C)N)CC1. The van der Waals surface area contributed by atoms with Gasteiger partial charge in [-0.15, -0.1) is 0 Å². The van der Waals surface area contributed by atoms with Gasteiger partial charge in [0.2, 0.25) is 5.91 Å². The number of nitrogens with zero attached hydrogens (tertiary/aromatic N) is 1. The number of hydrogen-bond acceptors (Lipinski definition) is 4. The molecule has 6 nitrogen and oxygen atoms in total. The first kappa shape index (κ1) is 14.9. The first-order chi connectivity index (χ1) is 8.52. The Morgan fingerprint density at radius 2 is 2.00 bits per heavy atom. The van der Waals surface area contributed by atoms with Gasteiger partial charge in [-0.1, -0.05) is 0 Å². The van der Waals surface area contributed by atoms with Crippen LogP contribution >= 0.6 is 0 Å². The highest BCUT2D eigenvalue weighted by Gasteiger charge is 2.23. The minimum atomic E-state index is -0.423. The van der Waals surface area contributed by atoms with Gasteiger partial charge in [-0.25, -0.2) is 4.79 Å². The smallest absolute Gasteiger partial charge is 0.321 e. The van der Waals surface area contributed by atoms with Crippen LogP contribution in [0.2, 0.25) is 0 Å². The van der Waals surface area contributed by atoms with Gasteiger partial charge < -0.3 is 11.1 Å². The summed E-state index contributed by atoms with van der Waals surface area (Å²) >= 11 is 0. The Hall–Kier alpha value is -1.14. The lowest BCUT2D eigenvalue weighted by Gasteiger charge is -2.33. The number of nitrogens with two attached hydrogens (primary N) is 1. The summed E-state index contributed by atoms with van der Waals surface area (Å²) in [5, 5.41) is 4.84. The maximum absolute atomic E-state index is 11.6. The zero-order valence-corrected chi connectivity index (χ0v) is 11.2. The molecule has 4 N–H and O–H groups in total. The van der Waals surface area contributed by atoms with Gasteiger partial charge in [0, 0.05) is 12.6 Å². The van der Waals surface area contributed by atoms with Gasteiger partial charge in [0.1, 0.15) is 0 Å². The van der Waals surface area contributed by atoms with Gasteiger partial charge in [-0.3, -0.25) is 15.0 Å². The largest absolute Gasteiger partial charge is 0.338 e. The van der Waals surface area contributed by atoms with E-state index in [1.165, 1.54) is 0 Å². The Morgan fingerprint density at radius 1 is 1.39 bits per heavy atom. The van der Waals surface area contributed by atoms with E-state index in [4.69, 9.17) is 5.73 Å². The number of amides is 3. The Kier molecular flexibility index (Phi) is 6.07. The fourth-order valence-electron chi connectivity index (χ4n) is 2.21. The molecule has 0 spiro atoms. The Bertz CT molecular complexity index is 286. The number of nitrogens with one attached hydrogen (secondary N) is 2. The van der Waals surface area contributed by atoms with E-state index >= 15 is 0 Å². The van der Waals surface area contributed by atoms with Crippen molar-refractivity contribution in [2.75, 3.05) is 26.2 Å². The molecule has 1 rings (SSSR count). The molecule has 104 valence electrons. The third kappa shape index (κ3) is 5.01. The number of hydrogen-bond donors (Lipinski definition) is 3. The summed E-state index contributed by atoms with van der Waals surface area (Å²) in [6.45, 7) is 6.37. The molecule has 1 aliphatic heterocycles. The highest BCUT2D eigenvalue weighted by Crippen LogP contribution is 2.18. The number of carbonyl (C=O) groups excluding carboxylic acids is 2. The lowest BCUT2D eigenvalue weighted by atomic mass is 9.91. The fourth-order valence-corrected chi connectivity index (χ4v) is 2.21. The molecule has 18 heavy (non-hydrogen) atoms.